The van der Waals surface area contributed by atoms with Crippen molar-refractivity contribution in [3.63, 3.8) is 0 Å². The zero-order valence-electron chi connectivity index (χ0n) is 24.4. The number of hydrogen-bond acceptors (Lipinski definition) is 5. The quantitative estimate of drug-likeness (QED) is 0.463. The number of fused-ring (bicyclic) bond motifs is 1. The maximum absolute atomic E-state index is 13.8. The van der Waals surface area contributed by atoms with Crippen LogP contribution in [0, 0.1) is 0 Å². The van der Waals surface area contributed by atoms with Gasteiger partial charge in [0.05, 0.1) is 29.4 Å². The zero-order valence-corrected chi connectivity index (χ0v) is 25.2. The number of nitrogens with one attached hydrogen (secondary N) is 2. The highest BCUT2D eigenvalue weighted by Gasteiger charge is 2.34. The number of benzene rings is 2. The molecule has 2 aromatic carbocycles. The van der Waals surface area contributed by atoms with E-state index in [4.69, 9.17) is 21.1 Å². The number of rotatable bonds is 8. The first-order valence-electron chi connectivity index (χ1n) is 13.6. The summed E-state index contributed by atoms with van der Waals surface area (Å²) >= 11 is 6.50. The number of anilines is 1. The van der Waals surface area contributed by atoms with Gasteiger partial charge in [-0.1, -0.05) is 29.8 Å². The largest absolute Gasteiger partial charge is 0.494 e. The Morgan fingerprint density at radius 1 is 1.10 bits per heavy atom. The van der Waals surface area contributed by atoms with Gasteiger partial charge < -0.3 is 29.9 Å². The van der Waals surface area contributed by atoms with E-state index in [2.05, 4.69) is 10.6 Å². The van der Waals surface area contributed by atoms with Crippen molar-refractivity contribution in [1.29, 1.82) is 0 Å². The van der Waals surface area contributed by atoms with Gasteiger partial charge in [0.2, 0.25) is 5.91 Å². The monoisotopic (exact) mass is 572 g/mol. The van der Waals surface area contributed by atoms with Crippen molar-refractivity contribution < 1.29 is 23.9 Å². The summed E-state index contributed by atoms with van der Waals surface area (Å²) < 4.78 is 11.4. The van der Waals surface area contributed by atoms with Crippen molar-refractivity contribution in [3.8, 4) is 5.75 Å². The summed E-state index contributed by atoms with van der Waals surface area (Å²) in [4.78, 5) is 43.6. The number of hydrogen-bond donors (Lipinski definition) is 2. The summed E-state index contributed by atoms with van der Waals surface area (Å²) in [7, 11) is 0. The summed E-state index contributed by atoms with van der Waals surface area (Å²) in [5.41, 5.74) is 1.35. The van der Waals surface area contributed by atoms with Gasteiger partial charge in [0.15, 0.2) is 0 Å². The normalized spacial score (nSPS) is 16.2. The molecule has 2 atom stereocenters. The minimum atomic E-state index is -0.889. The van der Waals surface area contributed by atoms with Gasteiger partial charge in [0.25, 0.3) is 5.91 Å². The summed E-state index contributed by atoms with van der Waals surface area (Å²) in [6.07, 6.45) is 0. The first-order valence-corrected chi connectivity index (χ1v) is 14.0. The maximum atomic E-state index is 13.8. The van der Waals surface area contributed by atoms with Gasteiger partial charge in [-0.25, -0.2) is 4.79 Å². The Kier molecular flexibility index (Phi) is 10.4. The topological polar surface area (TPSA) is 100 Å². The van der Waals surface area contributed by atoms with Gasteiger partial charge in [-0.2, -0.15) is 0 Å². The van der Waals surface area contributed by atoms with Crippen LogP contribution in [0.15, 0.2) is 42.5 Å². The summed E-state index contributed by atoms with van der Waals surface area (Å²) in [6, 6.07) is 10.7. The van der Waals surface area contributed by atoms with Crippen LogP contribution in [0.5, 0.6) is 5.75 Å². The third kappa shape index (κ3) is 8.11. The van der Waals surface area contributed by atoms with Crippen LogP contribution in [0.2, 0.25) is 5.02 Å². The zero-order chi connectivity index (χ0) is 29.6. The number of carbonyl (C=O) groups is 3. The molecule has 0 bridgehead atoms. The van der Waals surface area contributed by atoms with Crippen LogP contribution in [0.3, 0.4) is 0 Å². The number of nitrogens with zero attached hydrogens (tertiary/aromatic N) is 2. The average molecular weight is 573 g/mol. The van der Waals surface area contributed by atoms with E-state index in [1.165, 1.54) is 0 Å². The van der Waals surface area contributed by atoms with E-state index in [-0.39, 0.29) is 48.6 Å². The molecule has 1 heterocycles. The molecule has 0 saturated heterocycles. The third-order valence-corrected chi connectivity index (χ3v) is 6.63. The van der Waals surface area contributed by atoms with E-state index < -0.39 is 17.7 Å². The van der Waals surface area contributed by atoms with Crippen LogP contribution in [0.4, 0.5) is 10.5 Å². The first-order chi connectivity index (χ1) is 18.8. The fraction of sp³-hybridized carbons (Fsp3) is 0.500. The average Bonchev–Trinajstić information content (AvgIpc) is 3.02. The molecule has 0 radical (unpaired) electrons. The Morgan fingerprint density at radius 3 is 2.42 bits per heavy atom. The van der Waals surface area contributed by atoms with Crippen LogP contribution in [0.1, 0.15) is 64.4 Å². The molecule has 1 aliphatic rings. The highest BCUT2D eigenvalue weighted by Crippen LogP contribution is 2.31. The molecule has 2 aromatic rings. The lowest BCUT2D eigenvalue weighted by Gasteiger charge is -2.32. The number of urea groups is 1. The van der Waals surface area contributed by atoms with Crippen LogP contribution < -0.4 is 20.3 Å². The van der Waals surface area contributed by atoms with E-state index in [1.807, 2.05) is 72.7 Å². The molecule has 3 rings (SSSR count). The molecule has 0 fully saturated rings. The smallest absolute Gasteiger partial charge is 0.318 e. The SMILES string of the molecule is CCOc1ccc(C(=O)N2C[C@@H](C)N(C(=O)NC(COC(C)(C)C)C(=O)NC(C)C)Cc3ccccc32)c(Cl)c1. The van der Waals surface area contributed by atoms with Crippen molar-refractivity contribution in [2.45, 2.75) is 78.7 Å². The molecular formula is C30H41ClN4O5. The molecule has 40 heavy (non-hydrogen) atoms. The number of para-hydroxylation sites is 1. The van der Waals surface area contributed by atoms with E-state index in [0.717, 1.165) is 5.56 Å². The molecule has 218 valence electrons. The summed E-state index contributed by atoms with van der Waals surface area (Å²) in [5, 5.41) is 6.01. The van der Waals surface area contributed by atoms with Gasteiger partial charge in [-0.15, -0.1) is 0 Å². The lowest BCUT2D eigenvalue weighted by molar-refractivity contribution is -0.126. The summed E-state index contributed by atoms with van der Waals surface area (Å²) in [5.74, 6) is -0.0113. The third-order valence-electron chi connectivity index (χ3n) is 6.32. The lowest BCUT2D eigenvalue weighted by atomic mass is 10.1. The van der Waals surface area contributed by atoms with Gasteiger partial charge in [0, 0.05) is 30.9 Å². The highest BCUT2D eigenvalue weighted by atomic mass is 35.5. The number of carbonyl (C=O) groups excluding carboxylic acids is 3. The van der Waals surface area contributed by atoms with Crippen molar-refractivity contribution in [2.75, 3.05) is 24.7 Å². The molecule has 4 amide bonds. The van der Waals surface area contributed by atoms with Crippen molar-refractivity contribution >= 4 is 35.1 Å². The van der Waals surface area contributed by atoms with Gasteiger partial charge >= 0.3 is 6.03 Å². The van der Waals surface area contributed by atoms with Crippen LogP contribution in [-0.2, 0) is 16.1 Å². The minimum absolute atomic E-state index is 0.0213. The van der Waals surface area contributed by atoms with Crippen LogP contribution in [0.25, 0.3) is 0 Å². The predicted molar refractivity (Wildman–Crippen MR) is 157 cm³/mol. The Bertz CT molecular complexity index is 1210. The number of amides is 4. The molecule has 1 aliphatic heterocycles. The Labute approximate surface area is 242 Å². The molecule has 10 heteroatoms. The molecule has 2 N–H and O–H groups in total. The molecule has 0 spiro atoms. The second kappa shape index (κ2) is 13.4. The molecule has 1 unspecified atom stereocenters. The van der Waals surface area contributed by atoms with E-state index >= 15 is 0 Å². The second-order valence-electron chi connectivity index (χ2n) is 11.2. The van der Waals surface area contributed by atoms with E-state index in [1.54, 1.807) is 28.0 Å². The fourth-order valence-electron chi connectivity index (χ4n) is 4.38. The van der Waals surface area contributed by atoms with Crippen molar-refractivity contribution in [2.24, 2.45) is 0 Å². The predicted octanol–water partition coefficient (Wildman–Crippen LogP) is 5.01. The number of ether oxygens (including phenoxy) is 2. The second-order valence-corrected chi connectivity index (χ2v) is 11.6. The Balaban J connectivity index is 1.87. The maximum Gasteiger partial charge on any atom is 0.318 e. The van der Waals surface area contributed by atoms with Crippen LogP contribution >= 0.6 is 11.6 Å². The Morgan fingerprint density at radius 2 is 1.80 bits per heavy atom. The fourth-order valence-corrected chi connectivity index (χ4v) is 4.63. The van der Waals surface area contributed by atoms with E-state index in [9.17, 15) is 14.4 Å². The molecule has 0 aromatic heterocycles. The molecule has 9 nitrogen and oxygen atoms in total. The minimum Gasteiger partial charge on any atom is -0.494 e. The van der Waals surface area contributed by atoms with Gasteiger partial charge in [-0.05, 0) is 78.3 Å². The van der Waals surface area contributed by atoms with Crippen molar-refractivity contribution in [3.05, 3.63) is 58.6 Å². The molecule has 0 saturated carbocycles. The standard InChI is InChI=1S/C30H41ClN4O5/c1-8-39-22-13-14-23(24(31)15-22)28(37)35-16-20(4)34(17-21-11-9-10-12-26(21)35)29(38)33-25(18-40-30(5,6)7)27(36)32-19(2)3/h9-15,19-20,25H,8,16-18H2,1-7H3,(H,32,36)(H,33,38)/t20-,25?/m1/s1. The van der Waals surface area contributed by atoms with Gasteiger partial charge in [-0.3, -0.25) is 9.59 Å². The molecule has 0 aliphatic carbocycles. The van der Waals surface area contributed by atoms with E-state index in [0.29, 0.717) is 23.6 Å². The van der Waals surface area contributed by atoms with Gasteiger partial charge in [0.1, 0.15) is 11.8 Å². The lowest BCUT2D eigenvalue weighted by Crippen LogP contribution is -2.56. The van der Waals surface area contributed by atoms with Crippen LogP contribution in [-0.4, -0.2) is 66.2 Å². The first kappa shape index (κ1) is 31.2. The molecular weight excluding hydrogens is 532 g/mol. The van der Waals surface area contributed by atoms with Crippen molar-refractivity contribution in [1.82, 2.24) is 15.5 Å². The number of halogens is 1. The highest BCUT2D eigenvalue weighted by molar-refractivity contribution is 6.34. The Hall–Kier alpha value is -3.30. The summed E-state index contributed by atoms with van der Waals surface area (Å²) in [6.45, 7) is 14.1.